The quantitative estimate of drug-likeness (QED) is 0.872. The smallest absolute Gasteiger partial charge is 0.376 e. The summed E-state index contributed by atoms with van der Waals surface area (Å²) in [5.41, 5.74) is -0.335. The summed E-state index contributed by atoms with van der Waals surface area (Å²) < 4.78 is 48.5. The van der Waals surface area contributed by atoms with Crippen LogP contribution in [0.3, 0.4) is 0 Å². The maximum absolute atomic E-state index is 12.6. The Balaban J connectivity index is 1.69. The Morgan fingerprint density at radius 3 is 2.87 bits per heavy atom. The molecule has 7 heteroatoms. The first-order chi connectivity index (χ1) is 10.9. The van der Waals surface area contributed by atoms with Crippen LogP contribution in [-0.2, 0) is 27.0 Å². The van der Waals surface area contributed by atoms with E-state index in [4.69, 9.17) is 9.47 Å². The maximum atomic E-state index is 12.6. The molecule has 1 aromatic rings. The summed E-state index contributed by atoms with van der Waals surface area (Å²) in [5.74, 6) is -0.363. The van der Waals surface area contributed by atoms with Crippen molar-refractivity contribution in [3.8, 4) is 0 Å². The zero-order valence-corrected chi connectivity index (χ0v) is 12.7. The molecule has 1 N–H and O–H groups in total. The second kappa shape index (κ2) is 8.31. The average Bonchev–Trinajstić information content (AvgIpc) is 2.53. The van der Waals surface area contributed by atoms with E-state index in [0.29, 0.717) is 12.2 Å². The Kier molecular flexibility index (Phi) is 6.41. The van der Waals surface area contributed by atoms with Crippen LogP contribution in [0.4, 0.5) is 13.2 Å². The molecule has 1 aliphatic heterocycles. The number of hydrogen-bond acceptors (Lipinski definition) is 3. The summed E-state index contributed by atoms with van der Waals surface area (Å²) in [6.07, 6.45) is -1.29. The zero-order chi connectivity index (χ0) is 16.7. The van der Waals surface area contributed by atoms with Crippen LogP contribution in [0.1, 0.15) is 30.4 Å². The standard InChI is InChI=1S/C16H20F3NO3/c17-16(18,19)13-5-3-4-12(8-13)9-20-15(21)11-22-10-14-6-1-2-7-23-14/h3-5,8,14H,1-2,6-7,9-11H2,(H,20,21). The lowest BCUT2D eigenvalue weighted by Crippen LogP contribution is -2.30. The van der Waals surface area contributed by atoms with E-state index in [1.54, 1.807) is 0 Å². The molecule has 1 heterocycles. The van der Waals surface area contributed by atoms with Crippen LogP contribution < -0.4 is 5.32 Å². The van der Waals surface area contributed by atoms with Gasteiger partial charge in [0.15, 0.2) is 0 Å². The summed E-state index contributed by atoms with van der Waals surface area (Å²) in [6.45, 7) is 0.984. The Bertz CT molecular complexity index is 514. The minimum absolute atomic E-state index is 0.0278. The predicted molar refractivity (Wildman–Crippen MR) is 77.7 cm³/mol. The van der Waals surface area contributed by atoms with E-state index in [1.807, 2.05) is 0 Å². The number of carbonyl (C=O) groups is 1. The summed E-state index contributed by atoms with van der Waals surface area (Å²) >= 11 is 0. The molecule has 1 fully saturated rings. The van der Waals surface area contributed by atoms with Gasteiger partial charge in [-0.05, 0) is 37.0 Å². The van der Waals surface area contributed by atoms with Gasteiger partial charge in [0.2, 0.25) is 5.91 Å². The summed E-state index contributed by atoms with van der Waals surface area (Å²) in [4.78, 5) is 11.6. The molecule has 0 aliphatic carbocycles. The Labute approximate surface area is 133 Å². The van der Waals surface area contributed by atoms with Crippen molar-refractivity contribution in [3.05, 3.63) is 35.4 Å². The number of carbonyl (C=O) groups excluding carboxylic acids is 1. The fraction of sp³-hybridized carbons (Fsp3) is 0.562. The summed E-state index contributed by atoms with van der Waals surface area (Å²) in [7, 11) is 0. The van der Waals surface area contributed by atoms with Crippen LogP contribution in [0.2, 0.25) is 0 Å². The molecule has 0 aromatic heterocycles. The van der Waals surface area contributed by atoms with Crippen molar-refractivity contribution >= 4 is 5.91 Å². The van der Waals surface area contributed by atoms with Crippen LogP contribution in [0.5, 0.6) is 0 Å². The largest absolute Gasteiger partial charge is 0.416 e. The van der Waals surface area contributed by atoms with Crippen molar-refractivity contribution < 1.29 is 27.4 Å². The lowest BCUT2D eigenvalue weighted by Gasteiger charge is -2.22. The van der Waals surface area contributed by atoms with Gasteiger partial charge in [0, 0.05) is 13.2 Å². The monoisotopic (exact) mass is 331 g/mol. The normalized spacial score (nSPS) is 18.7. The number of benzene rings is 1. The van der Waals surface area contributed by atoms with E-state index < -0.39 is 11.7 Å². The highest BCUT2D eigenvalue weighted by Gasteiger charge is 2.30. The Morgan fingerprint density at radius 1 is 1.35 bits per heavy atom. The molecule has 0 saturated carbocycles. The SMILES string of the molecule is O=C(COCC1CCCCO1)NCc1cccc(C(F)(F)F)c1. The number of halogens is 3. The van der Waals surface area contributed by atoms with E-state index >= 15 is 0 Å². The second-order valence-electron chi connectivity index (χ2n) is 5.48. The van der Waals surface area contributed by atoms with Crippen LogP contribution in [-0.4, -0.2) is 31.8 Å². The highest BCUT2D eigenvalue weighted by atomic mass is 19.4. The topological polar surface area (TPSA) is 47.6 Å². The van der Waals surface area contributed by atoms with Gasteiger partial charge in [-0.2, -0.15) is 13.2 Å². The maximum Gasteiger partial charge on any atom is 0.416 e. The van der Waals surface area contributed by atoms with Gasteiger partial charge in [-0.3, -0.25) is 4.79 Å². The van der Waals surface area contributed by atoms with E-state index in [-0.39, 0.29) is 25.2 Å². The molecule has 1 unspecified atom stereocenters. The van der Waals surface area contributed by atoms with Crippen LogP contribution >= 0.6 is 0 Å². The zero-order valence-electron chi connectivity index (χ0n) is 12.7. The molecular formula is C16H20F3NO3. The summed E-state index contributed by atoms with van der Waals surface area (Å²) in [5, 5.41) is 2.54. The molecule has 1 atom stereocenters. The van der Waals surface area contributed by atoms with Crippen LogP contribution in [0, 0.1) is 0 Å². The number of amides is 1. The molecule has 1 aromatic carbocycles. The van der Waals surface area contributed by atoms with E-state index in [9.17, 15) is 18.0 Å². The molecule has 4 nitrogen and oxygen atoms in total. The van der Waals surface area contributed by atoms with Gasteiger partial charge in [0.25, 0.3) is 0 Å². The third-order valence-corrected chi connectivity index (χ3v) is 3.55. The van der Waals surface area contributed by atoms with Crippen molar-refractivity contribution in [3.63, 3.8) is 0 Å². The van der Waals surface area contributed by atoms with Crippen LogP contribution in [0.25, 0.3) is 0 Å². The first-order valence-electron chi connectivity index (χ1n) is 7.57. The fourth-order valence-corrected chi connectivity index (χ4v) is 2.33. The molecule has 0 bridgehead atoms. The number of hydrogen-bond donors (Lipinski definition) is 1. The van der Waals surface area contributed by atoms with Crippen molar-refractivity contribution in [1.29, 1.82) is 0 Å². The van der Waals surface area contributed by atoms with Crippen molar-refractivity contribution in [1.82, 2.24) is 5.32 Å². The molecule has 23 heavy (non-hydrogen) atoms. The highest BCUT2D eigenvalue weighted by Crippen LogP contribution is 2.29. The Morgan fingerprint density at radius 2 is 2.17 bits per heavy atom. The van der Waals surface area contributed by atoms with Gasteiger partial charge in [0.1, 0.15) is 6.61 Å². The first-order valence-corrected chi connectivity index (χ1v) is 7.57. The predicted octanol–water partition coefficient (Wildman–Crippen LogP) is 2.91. The third kappa shape index (κ3) is 6.19. The van der Waals surface area contributed by atoms with Gasteiger partial charge in [-0.15, -0.1) is 0 Å². The number of alkyl halides is 3. The Hall–Kier alpha value is -1.60. The van der Waals surface area contributed by atoms with Crippen molar-refractivity contribution in [2.24, 2.45) is 0 Å². The summed E-state index contributed by atoms with van der Waals surface area (Å²) in [6, 6.07) is 4.88. The molecule has 1 aliphatic rings. The fourth-order valence-electron chi connectivity index (χ4n) is 2.33. The van der Waals surface area contributed by atoms with E-state index in [0.717, 1.165) is 38.0 Å². The number of rotatable bonds is 6. The number of nitrogens with one attached hydrogen (secondary N) is 1. The van der Waals surface area contributed by atoms with Gasteiger partial charge in [0.05, 0.1) is 18.3 Å². The third-order valence-electron chi connectivity index (χ3n) is 3.55. The minimum Gasteiger partial charge on any atom is -0.376 e. The molecule has 0 spiro atoms. The van der Waals surface area contributed by atoms with Gasteiger partial charge >= 0.3 is 6.18 Å². The van der Waals surface area contributed by atoms with Crippen LogP contribution in [0.15, 0.2) is 24.3 Å². The average molecular weight is 331 g/mol. The lowest BCUT2D eigenvalue weighted by atomic mass is 10.1. The minimum atomic E-state index is -4.39. The van der Waals surface area contributed by atoms with E-state index in [1.165, 1.54) is 12.1 Å². The molecule has 1 amide bonds. The van der Waals surface area contributed by atoms with Gasteiger partial charge in [-0.1, -0.05) is 12.1 Å². The van der Waals surface area contributed by atoms with Gasteiger partial charge in [-0.25, -0.2) is 0 Å². The molecule has 0 radical (unpaired) electrons. The first kappa shape index (κ1) is 17.7. The van der Waals surface area contributed by atoms with Gasteiger partial charge < -0.3 is 14.8 Å². The molecule has 1 saturated heterocycles. The van der Waals surface area contributed by atoms with Crippen molar-refractivity contribution in [2.45, 2.75) is 38.1 Å². The second-order valence-corrected chi connectivity index (χ2v) is 5.48. The molecule has 128 valence electrons. The molecule has 2 rings (SSSR count). The van der Waals surface area contributed by atoms with E-state index in [2.05, 4.69) is 5.32 Å². The lowest BCUT2D eigenvalue weighted by molar-refractivity contribution is -0.137. The highest BCUT2D eigenvalue weighted by molar-refractivity contribution is 5.77. The van der Waals surface area contributed by atoms with Crippen molar-refractivity contribution in [2.75, 3.05) is 19.8 Å². The molecular weight excluding hydrogens is 311 g/mol. The number of ether oxygens (including phenoxy) is 2.